The molecule has 0 saturated carbocycles. The van der Waals surface area contributed by atoms with Gasteiger partial charge in [-0.3, -0.25) is 4.99 Å². The Morgan fingerprint density at radius 1 is 0.846 bits per heavy atom. The van der Waals surface area contributed by atoms with Gasteiger partial charge in [0.2, 0.25) is 0 Å². The van der Waals surface area contributed by atoms with Crippen molar-refractivity contribution in [3.63, 3.8) is 0 Å². The minimum atomic E-state index is 1.03. The first-order valence-corrected chi connectivity index (χ1v) is 6.71. The molecule has 0 aliphatic carbocycles. The van der Waals surface area contributed by atoms with E-state index in [0.29, 0.717) is 0 Å². The Kier molecular flexibility index (Phi) is 7.35. The van der Waals surface area contributed by atoms with E-state index in [9.17, 15) is 0 Å². The molecule has 1 nitrogen and oxygen atoms in total. The summed E-state index contributed by atoms with van der Waals surface area (Å²) >= 11 is 2.06. The summed E-state index contributed by atoms with van der Waals surface area (Å²) in [7, 11) is 0. The van der Waals surface area contributed by atoms with Gasteiger partial charge in [0.1, 0.15) is 0 Å². The van der Waals surface area contributed by atoms with Gasteiger partial charge in [-0.2, -0.15) is 11.8 Å². The SMILES string of the molecule is C1=NCCSCCCCCCCC1. The summed E-state index contributed by atoms with van der Waals surface area (Å²) in [5, 5.41) is 0. The van der Waals surface area contributed by atoms with E-state index in [1.54, 1.807) is 0 Å². The number of thioether (sulfide) groups is 1. The number of nitrogens with zero attached hydrogens (tertiary/aromatic N) is 1. The lowest BCUT2D eigenvalue weighted by Crippen LogP contribution is -1.88. The molecule has 0 aromatic carbocycles. The van der Waals surface area contributed by atoms with Gasteiger partial charge in [0.25, 0.3) is 0 Å². The molecule has 0 N–H and O–H groups in total. The van der Waals surface area contributed by atoms with Gasteiger partial charge in [0.15, 0.2) is 0 Å². The second kappa shape index (κ2) is 8.61. The lowest BCUT2D eigenvalue weighted by Gasteiger charge is -1.99. The Balaban J connectivity index is 2.09. The Morgan fingerprint density at radius 3 is 2.54 bits per heavy atom. The molecule has 0 radical (unpaired) electrons. The van der Waals surface area contributed by atoms with Crippen LogP contribution in [-0.2, 0) is 0 Å². The van der Waals surface area contributed by atoms with Gasteiger partial charge in [0, 0.05) is 12.3 Å². The lowest BCUT2D eigenvalue weighted by molar-refractivity contribution is 0.619. The van der Waals surface area contributed by atoms with Crippen LogP contribution in [0.4, 0.5) is 0 Å². The molecule has 0 aromatic heterocycles. The third kappa shape index (κ3) is 7.12. The molecule has 0 unspecified atom stereocenters. The summed E-state index contributed by atoms with van der Waals surface area (Å²) in [5.41, 5.74) is 0. The fraction of sp³-hybridized carbons (Fsp3) is 0.909. The van der Waals surface area contributed by atoms with Crippen molar-refractivity contribution in [3.8, 4) is 0 Å². The van der Waals surface area contributed by atoms with Crippen LogP contribution in [-0.4, -0.2) is 24.3 Å². The van der Waals surface area contributed by atoms with Crippen molar-refractivity contribution in [2.45, 2.75) is 44.9 Å². The van der Waals surface area contributed by atoms with Crippen LogP contribution in [0.15, 0.2) is 4.99 Å². The summed E-state index contributed by atoms with van der Waals surface area (Å²) in [4.78, 5) is 4.39. The molecule has 0 bridgehead atoms. The van der Waals surface area contributed by atoms with Crippen LogP contribution in [0, 0.1) is 0 Å². The van der Waals surface area contributed by atoms with E-state index in [1.807, 2.05) is 0 Å². The zero-order valence-electron chi connectivity index (χ0n) is 8.50. The van der Waals surface area contributed by atoms with Crippen LogP contribution in [0.3, 0.4) is 0 Å². The van der Waals surface area contributed by atoms with Crippen molar-refractivity contribution in [2.75, 3.05) is 18.1 Å². The van der Waals surface area contributed by atoms with E-state index in [2.05, 4.69) is 23.0 Å². The maximum absolute atomic E-state index is 4.39. The van der Waals surface area contributed by atoms with Crippen LogP contribution >= 0.6 is 11.8 Å². The average molecular weight is 199 g/mol. The standard InChI is InChI=1S/C11H21NS/c1-2-4-6-8-12-9-11-13-10-7-5-3-1/h8H,1-7,9-11H2. The fourth-order valence-corrected chi connectivity index (χ4v) is 2.40. The molecular weight excluding hydrogens is 178 g/mol. The van der Waals surface area contributed by atoms with Gasteiger partial charge in [-0.25, -0.2) is 0 Å². The van der Waals surface area contributed by atoms with E-state index in [-0.39, 0.29) is 0 Å². The van der Waals surface area contributed by atoms with Crippen LogP contribution in [0.5, 0.6) is 0 Å². The third-order valence-corrected chi connectivity index (χ3v) is 3.41. The molecule has 1 rings (SSSR count). The number of hydrogen-bond donors (Lipinski definition) is 0. The summed E-state index contributed by atoms with van der Waals surface area (Å²) in [6.07, 6.45) is 11.8. The maximum atomic E-state index is 4.39. The Bertz CT molecular complexity index is 120. The number of rotatable bonds is 0. The molecule has 1 aliphatic rings. The fourth-order valence-electron chi connectivity index (χ4n) is 1.55. The molecule has 0 fully saturated rings. The van der Waals surface area contributed by atoms with Crippen LogP contribution in [0.2, 0.25) is 0 Å². The van der Waals surface area contributed by atoms with Crippen molar-refractivity contribution < 1.29 is 0 Å². The molecule has 13 heavy (non-hydrogen) atoms. The Morgan fingerprint density at radius 2 is 1.62 bits per heavy atom. The molecule has 0 aromatic rings. The van der Waals surface area contributed by atoms with Crippen LogP contribution < -0.4 is 0 Å². The molecule has 1 aliphatic heterocycles. The van der Waals surface area contributed by atoms with Crippen LogP contribution in [0.25, 0.3) is 0 Å². The highest BCUT2D eigenvalue weighted by molar-refractivity contribution is 7.99. The van der Waals surface area contributed by atoms with Crippen molar-refractivity contribution in [1.82, 2.24) is 0 Å². The second-order valence-electron chi connectivity index (χ2n) is 3.61. The summed E-state index contributed by atoms with van der Waals surface area (Å²) < 4.78 is 0. The maximum Gasteiger partial charge on any atom is 0.0476 e. The quantitative estimate of drug-likeness (QED) is 0.581. The van der Waals surface area contributed by atoms with Gasteiger partial charge < -0.3 is 0 Å². The van der Waals surface area contributed by atoms with E-state index in [1.165, 1.54) is 56.5 Å². The van der Waals surface area contributed by atoms with Gasteiger partial charge in [-0.15, -0.1) is 0 Å². The minimum absolute atomic E-state index is 1.03. The molecule has 76 valence electrons. The zero-order chi connectivity index (χ0) is 9.19. The first-order valence-electron chi connectivity index (χ1n) is 5.56. The third-order valence-electron chi connectivity index (χ3n) is 2.37. The predicted octanol–water partition coefficient (Wildman–Crippen LogP) is 3.53. The van der Waals surface area contributed by atoms with E-state index < -0.39 is 0 Å². The molecule has 1 heterocycles. The summed E-state index contributed by atoms with van der Waals surface area (Å²) in [6.45, 7) is 1.03. The van der Waals surface area contributed by atoms with Gasteiger partial charge >= 0.3 is 0 Å². The highest BCUT2D eigenvalue weighted by Crippen LogP contribution is 2.10. The largest absolute Gasteiger partial charge is 0.297 e. The summed E-state index contributed by atoms with van der Waals surface area (Å²) in [6, 6.07) is 0. The summed E-state index contributed by atoms with van der Waals surface area (Å²) in [5.74, 6) is 2.56. The normalized spacial score (nSPS) is 22.8. The molecule has 0 amide bonds. The van der Waals surface area contributed by atoms with Gasteiger partial charge in [-0.05, 0) is 31.2 Å². The molecule has 2 heteroatoms. The van der Waals surface area contributed by atoms with Crippen molar-refractivity contribution in [3.05, 3.63) is 0 Å². The molecule has 0 spiro atoms. The van der Waals surface area contributed by atoms with Crippen molar-refractivity contribution in [2.24, 2.45) is 4.99 Å². The predicted molar refractivity (Wildman–Crippen MR) is 63.0 cm³/mol. The topological polar surface area (TPSA) is 12.4 Å². The molecule has 0 saturated heterocycles. The van der Waals surface area contributed by atoms with Crippen molar-refractivity contribution in [1.29, 1.82) is 0 Å². The monoisotopic (exact) mass is 199 g/mol. The Hall–Kier alpha value is 0.0200. The van der Waals surface area contributed by atoms with Gasteiger partial charge in [0.05, 0.1) is 0 Å². The second-order valence-corrected chi connectivity index (χ2v) is 4.84. The van der Waals surface area contributed by atoms with Crippen molar-refractivity contribution >= 4 is 18.0 Å². The van der Waals surface area contributed by atoms with E-state index in [4.69, 9.17) is 0 Å². The van der Waals surface area contributed by atoms with Crippen LogP contribution in [0.1, 0.15) is 44.9 Å². The highest BCUT2D eigenvalue weighted by Gasteiger charge is 1.93. The molecular formula is C11H21NS. The van der Waals surface area contributed by atoms with E-state index >= 15 is 0 Å². The smallest absolute Gasteiger partial charge is 0.0476 e. The number of aliphatic imine (C=N–C) groups is 1. The van der Waals surface area contributed by atoms with Gasteiger partial charge in [-0.1, -0.05) is 25.7 Å². The minimum Gasteiger partial charge on any atom is -0.297 e. The average Bonchev–Trinajstić information content (AvgIpc) is 2.18. The first kappa shape index (κ1) is 11.1. The first-order chi connectivity index (χ1) is 6.50. The number of hydrogen-bond acceptors (Lipinski definition) is 2. The molecule has 0 atom stereocenters. The Labute approximate surface area is 86.4 Å². The zero-order valence-corrected chi connectivity index (χ0v) is 9.32. The van der Waals surface area contributed by atoms with E-state index in [0.717, 1.165) is 6.54 Å². The lowest BCUT2D eigenvalue weighted by atomic mass is 10.1. The highest BCUT2D eigenvalue weighted by atomic mass is 32.2.